The summed E-state index contributed by atoms with van der Waals surface area (Å²) < 4.78 is 5.37. The van der Waals surface area contributed by atoms with Gasteiger partial charge in [-0.25, -0.2) is 4.79 Å². The lowest BCUT2D eigenvalue weighted by Gasteiger charge is -2.26. The molecule has 1 N–H and O–H groups in total. The molecule has 1 saturated heterocycles. The number of carbonyl (C=O) groups excluding carboxylic acids is 3. The number of imide groups is 2. The summed E-state index contributed by atoms with van der Waals surface area (Å²) in [7, 11) is 0. The highest BCUT2D eigenvalue weighted by Crippen LogP contribution is 2.19. The number of carbonyl (C=O) groups is 3. The highest BCUT2D eigenvalue weighted by Gasteiger charge is 2.35. The van der Waals surface area contributed by atoms with E-state index in [9.17, 15) is 14.4 Å². The number of hydrogen-bond donors (Lipinski definition) is 1. The van der Waals surface area contributed by atoms with Crippen molar-refractivity contribution in [2.45, 2.75) is 13.5 Å². The molecule has 0 unspecified atom stereocenters. The SMILES string of the molecule is CCOc1ccc(/C=C2/C(=O)NC(=O)N(Cc3ccccc3)C2=O)cc1. The number of ether oxygens (including phenoxy) is 1. The molecule has 3 rings (SSSR count). The highest BCUT2D eigenvalue weighted by molar-refractivity contribution is 6.30. The molecule has 0 aromatic heterocycles. The number of rotatable bonds is 5. The third-order valence-corrected chi connectivity index (χ3v) is 3.87. The van der Waals surface area contributed by atoms with Crippen LogP contribution in [0.4, 0.5) is 4.79 Å². The Morgan fingerprint density at radius 1 is 1.00 bits per heavy atom. The van der Waals surface area contributed by atoms with Crippen molar-refractivity contribution >= 4 is 23.9 Å². The zero-order chi connectivity index (χ0) is 18.5. The zero-order valence-corrected chi connectivity index (χ0v) is 14.3. The fraction of sp³-hybridized carbons (Fsp3) is 0.150. The average molecular weight is 350 g/mol. The summed E-state index contributed by atoms with van der Waals surface area (Å²) in [6, 6.07) is 15.4. The van der Waals surface area contributed by atoms with E-state index in [0.717, 1.165) is 10.5 Å². The maximum Gasteiger partial charge on any atom is 0.331 e. The second-order valence-electron chi connectivity index (χ2n) is 5.70. The number of urea groups is 1. The van der Waals surface area contributed by atoms with Crippen LogP contribution < -0.4 is 10.1 Å². The monoisotopic (exact) mass is 350 g/mol. The maximum atomic E-state index is 12.7. The second kappa shape index (κ2) is 7.65. The number of benzene rings is 2. The van der Waals surface area contributed by atoms with Crippen molar-refractivity contribution in [3.05, 3.63) is 71.3 Å². The summed E-state index contributed by atoms with van der Waals surface area (Å²) in [4.78, 5) is 37.9. The largest absolute Gasteiger partial charge is 0.494 e. The molecule has 6 heteroatoms. The zero-order valence-electron chi connectivity index (χ0n) is 14.3. The van der Waals surface area contributed by atoms with Gasteiger partial charge in [0.1, 0.15) is 11.3 Å². The minimum absolute atomic E-state index is 0.0790. The van der Waals surface area contributed by atoms with Crippen molar-refractivity contribution in [2.75, 3.05) is 6.61 Å². The van der Waals surface area contributed by atoms with Gasteiger partial charge in [0.15, 0.2) is 0 Å². The number of barbiturate groups is 1. The fourth-order valence-corrected chi connectivity index (χ4v) is 2.60. The Bertz CT molecular complexity index is 857. The van der Waals surface area contributed by atoms with Gasteiger partial charge in [0, 0.05) is 0 Å². The van der Waals surface area contributed by atoms with E-state index in [2.05, 4.69) is 5.32 Å². The van der Waals surface area contributed by atoms with Gasteiger partial charge in [-0.05, 0) is 36.3 Å². The first-order valence-corrected chi connectivity index (χ1v) is 8.24. The smallest absolute Gasteiger partial charge is 0.331 e. The van der Waals surface area contributed by atoms with Crippen LogP contribution in [0, 0.1) is 0 Å². The van der Waals surface area contributed by atoms with Crippen molar-refractivity contribution in [2.24, 2.45) is 0 Å². The first kappa shape index (κ1) is 17.4. The van der Waals surface area contributed by atoms with Crippen molar-refractivity contribution in [3.8, 4) is 5.75 Å². The molecule has 26 heavy (non-hydrogen) atoms. The first-order valence-electron chi connectivity index (χ1n) is 8.24. The van der Waals surface area contributed by atoms with Crippen LogP contribution in [0.25, 0.3) is 6.08 Å². The summed E-state index contributed by atoms with van der Waals surface area (Å²) in [6.45, 7) is 2.54. The molecule has 4 amide bonds. The van der Waals surface area contributed by atoms with E-state index in [1.54, 1.807) is 24.3 Å². The summed E-state index contributed by atoms with van der Waals surface area (Å²) in [5, 5.41) is 2.22. The van der Waals surface area contributed by atoms with Gasteiger partial charge in [-0.15, -0.1) is 0 Å². The minimum Gasteiger partial charge on any atom is -0.494 e. The molecule has 1 aliphatic rings. The number of nitrogens with zero attached hydrogens (tertiary/aromatic N) is 1. The molecular weight excluding hydrogens is 332 g/mol. The van der Waals surface area contributed by atoms with E-state index >= 15 is 0 Å². The van der Waals surface area contributed by atoms with Gasteiger partial charge >= 0.3 is 6.03 Å². The molecule has 1 aliphatic heterocycles. The lowest BCUT2D eigenvalue weighted by molar-refractivity contribution is -0.130. The number of nitrogens with one attached hydrogen (secondary N) is 1. The lowest BCUT2D eigenvalue weighted by Crippen LogP contribution is -2.53. The van der Waals surface area contributed by atoms with Crippen LogP contribution in [0.15, 0.2) is 60.2 Å². The van der Waals surface area contributed by atoms with Gasteiger partial charge in [-0.3, -0.25) is 19.8 Å². The summed E-state index contributed by atoms with van der Waals surface area (Å²) in [5.74, 6) is -0.607. The molecule has 2 aromatic carbocycles. The van der Waals surface area contributed by atoms with E-state index in [4.69, 9.17) is 4.74 Å². The minimum atomic E-state index is -0.715. The van der Waals surface area contributed by atoms with Gasteiger partial charge in [0.2, 0.25) is 0 Å². The van der Waals surface area contributed by atoms with E-state index in [-0.39, 0.29) is 12.1 Å². The van der Waals surface area contributed by atoms with Gasteiger partial charge < -0.3 is 4.74 Å². The van der Waals surface area contributed by atoms with Gasteiger partial charge in [0.05, 0.1) is 13.2 Å². The molecule has 132 valence electrons. The molecule has 0 saturated carbocycles. The Hall–Kier alpha value is -3.41. The van der Waals surface area contributed by atoms with Crippen LogP contribution in [0.5, 0.6) is 5.75 Å². The molecule has 2 aromatic rings. The summed E-state index contributed by atoms with van der Waals surface area (Å²) in [5.41, 5.74) is 1.39. The third kappa shape index (κ3) is 3.80. The predicted octanol–water partition coefficient (Wildman–Crippen LogP) is 2.75. The molecular formula is C20H18N2O4. The highest BCUT2D eigenvalue weighted by atomic mass is 16.5. The predicted molar refractivity (Wildman–Crippen MR) is 96.1 cm³/mol. The first-order chi connectivity index (χ1) is 12.6. The summed E-state index contributed by atoms with van der Waals surface area (Å²) in [6.07, 6.45) is 1.47. The fourth-order valence-electron chi connectivity index (χ4n) is 2.60. The van der Waals surface area contributed by atoms with E-state index < -0.39 is 17.8 Å². The Morgan fingerprint density at radius 3 is 2.35 bits per heavy atom. The van der Waals surface area contributed by atoms with Gasteiger partial charge in [0.25, 0.3) is 11.8 Å². The van der Waals surface area contributed by atoms with Crippen LogP contribution in [0.3, 0.4) is 0 Å². The van der Waals surface area contributed by atoms with Crippen LogP contribution >= 0.6 is 0 Å². The van der Waals surface area contributed by atoms with Crippen molar-refractivity contribution in [1.82, 2.24) is 10.2 Å². The van der Waals surface area contributed by atoms with Crippen LogP contribution in [-0.2, 0) is 16.1 Å². The normalized spacial score (nSPS) is 16.0. The molecule has 0 spiro atoms. The third-order valence-electron chi connectivity index (χ3n) is 3.87. The van der Waals surface area contributed by atoms with E-state index in [0.29, 0.717) is 17.9 Å². The average Bonchev–Trinajstić information content (AvgIpc) is 2.65. The molecule has 0 aliphatic carbocycles. The van der Waals surface area contributed by atoms with Crippen molar-refractivity contribution in [1.29, 1.82) is 0 Å². The van der Waals surface area contributed by atoms with Gasteiger partial charge in [-0.1, -0.05) is 42.5 Å². The molecule has 6 nitrogen and oxygen atoms in total. The quantitative estimate of drug-likeness (QED) is 0.664. The topological polar surface area (TPSA) is 75.7 Å². The van der Waals surface area contributed by atoms with Crippen LogP contribution in [-0.4, -0.2) is 29.4 Å². The van der Waals surface area contributed by atoms with E-state index in [1.807, 2.05) is 37.3 Å². The molecule has 0 bridgehead atoms. The Morgan fingerprint density at radius 2 is 1.69 bits per heavy atom. The standard InChI is InChI=1S/C20H18N2O4/c1-2-26-16-10-8-14(9-11-16)12-17-18(23)21-20(25)22(19(17)24)13-15-6-4-3-5-7-15/h3-12H,2,13H2,1H3,(H,21,23,25)/b17-12-. The number of amides is 4. The summed E-state index contributed by atoms with van der Waals surface area (Å²) >= 11 is 0. The second-order valence-corrected chi connectivity index (χ2v) is 5.70. The van der Waals surface area contributed by atoms with E-state index in [1.165, 1.54) is 6.08 Å². The van der Waals surface area contributed by atoms with Gasteiger partial charge in [-0.2, -0.15) is 0 Å². The molecule has 0 radical (unpaired) electrons. The molecule has 1 fully saturated rings. The van der Waals surface area contributed by atoms with Crippen LogP contribution in [0.1, 0.15) is 18.1 Å². The Balaban J connectivity index is 1.84. The number of hydrogen-bond acceptors (Lipinski definition) is 4. The molecule has 0 atom stereocenters. The van der Waals surface area contributed by atoms with Crippen molar-refractivity contribution in [3.63, 3.8) is 0 Å². The Kier molecular flexibility index (Phi) is 5.12. The lowest BCUT2D eigenvalue weighted by atomic mass is 10.1. The van der Waals surface area contributed by atoms with Crippen molar-refractivity contribution < 1.29 is 19.1 Å². The van der Waals surface area contributed by atoms with Crippen LogP contribution in [0.2, 0.25) is 0 Å². The molecule has 1 heterocycles. The maximum absolute atomic E-state index is 12.7. The Labute approximate surface area is 151 Å².